The molecule has 0 unspecified atom stereocenters. The first-order chi connectivity index (χ1) is 17.8. The molecule has 0 nitrogen and oxygen atoms in total. The summed E-state index contributed by atoms with van der Waals surface area (Å²) >= 11 is 0. The van der Waals surface area contributed by atoms with E-state index >= 15 is 0 Å². The van der Waals surface area contributed by atoms with Crippen molar-refractivity contribution in [1.29, 1.82) is 0 Å². The first-order valence-electron chi connectivity index (χ1n) is 13.6. The summed E-state index contributed by atoms with van der Waals surface area (Å²) in [5.41, 5.74) is 5.89. The number of unbranched alkanes of at least 4 members (excludes halogenated alkanes) is 2. The Kier molecular flexibility index (Phi) is 10.8. The van der Waals surface area contributed by atoms with Crippen LogP contribution in [0.5, 0.6) is 0 Å². The van der Waals surface area contributed by atoms with Gasteiger partial charge in [0.15, 0.2) is 0 Å². The fourth-order valence-corrected chi connectivity index (χ4v) is 10.0. The average molecular weight is 511 g/mol. The van der Waals surface area contributed by atoms with Crippen molar-refractivity contribution in [3.8, 4) is 11.1 Å². The summed E-state index contributed by atoms with van der Waals surface area (Å²) in [4.78, 5) is 0. The topological polar surface area (TPSA) is 0 Å². The second kappa shape index (κ2) is 14.5. The zero-order valence-electron chi connectivity index (χ0n) is 21.9. The summed E-state index contributed by atoms with van der Waals surface area (Å²) in [6.07, 6.45) is 10.5. The fourth-order valence-electron chi connectivity index (χ4n) is 4.83. The van der Waals surface area contributed by atoms with Crippen LogP contribution in [-0.4, -0.2) is 12.3 Å². The molecule has 0 spiro atoms. The molecular formula is C34H40P2. The predicted molar refractivity (Wildman–Crippen MR) is 165 cm³/mol. The molecule has 0 aromatic heterocycles. The van der Waals surface area contributed by atoms with E-state index in [0.29, 0.717) is 0 Å². The van der Waals surface area contributed by atoms with E-state index in [9.17, 15) is 0 Å². The Labute approximate surface area is 221 Å². The number of hydrogen-bond acceptors (Lipinski definition) is 0. The van der Waals surface area contributed by atoms with Gasteiger partial charge in [-0.05, 0) is 72.1 Å². The zero-order chi connectivity index (χ0) is 25.0. The molecule has 0 amide bonds. The number of hydrogen-bond donors (Lipinski definition) is 0. The van der Waals surface area contributed by atoms with Gasteiger partial charge in [-0.1, -0.05) is 136 Å². The lowest BCUT2D eigenvalue weighted by Gasteiger charge is -2.23. The van der Waals surface area contributed by atoms with Crippen molar-refractivity contribution >= 4 is 26.5 Å². The highest BCUT2D eigenvalue weighted by Gasteiger charge is 2.18. The highest BCUT2D eigenvalue weighted by molar-refractivity contribution is 7.72. The first-order valence-corrected chi connectivity index (χ1v) is 17.0. The van der Waals surface area contributed by atoms with Crippen molar-refractivity contribution in [2.45, 2.75) is 51.9 Å². The van der Waals surface area contributed by atoms with Crippen molar-refractivity contribution < 1.29 is 0 Å². The van der Waals surface area contributed by atoms with Crippen LogP contribution in [0.4, 0.5) is 0 Å². The molecule has 0 aliphatic carbocycles. The van der Waals surface area contributed by atoms with Crippen molar-refractivity contribution in [2.75, 3.05) is 12.3 Å². The van der Waals surface area contributed by atoms with Crippen LogP contribution in [0.25, 0.3) is 11.1 Å². The Hall–Kier alpha value is -2.26. The molecule has 0 saturated carbocycles. The van der Waals surface area contributed by atoms with E-state index in [0.717, 1.165) is 6.16 Å². The van der Waals surface area contributed by atoms with Crippen molar-refractivity contribution in [1.82, 2.24) is 0 Å². The third-order valence-electron chi connectivity index (χ3n) is 6.84. The lowest BCUT2D eigenvalue weighted by atomic mass is 9.97. The number of rotatable bonds is 13. The predicted octanol–water partition coefficient (Wildman–Crippen LogP) is 9.57. The maximum Gasteiger partial charge on any atom is 0.00136 e. The Morgan fingerprint density at radius 3 is 1.36 bits per heavy atom. The van der Waals surface area contributed by atoms with Crippen molar-refractivity contribution in [3.05, 3.63) is 120 Å². The van der Waals surface area contributed by atoms with Crippen LogP contribution in [0.2, 0.25) is 0 Å². The van der Waals surface area contributed by atoms with E-state index in [1.165, 1.54) is 71.5 Å². The highest BCUT2D eigenvalue weighted by Crippen LogP contribution is 2.45. The molecular weight excluding hydrogens is 470 g/mol. The quantitative estimate of drug-likeness (QED) is 0.157. The van der Waals surface area contributed by atoms with E-state index in [-0.39, 0.29) is 7.92 Å². The maximum atomic E-state index is 2.40. The van der Waals surface area contributed by atoms with E-state index < -0.39 is 7.92 Å². The first kappa shape index (κ1) is 26.8. The molecule has 0 atom stereocenters. The van der Waals surface area contributed by atoms with Crippen LogP contribution in [-0.2, 0) is 12.3 Å². The highest BCUT2D eigenvalue weighted by atomic mass is 31.1. The van der Waals surface area contributed by atoms with Gasteiger partial charge in [-0.25, -0.2) is 0 Å². The van der Waals surface area contributed by atoms with Gasteiger partial charge in [0.2, 0.25) is 0 Å². The van der Waals surface area contributed by atoms with Gasteiger partial charge in [0.25, 0.3) is 0 Å². The average Bonchev–Trinajstić information content (AvgIpc) is 2.94. The van der Waals surface area contributed by atoms with E-state index in [4.69, 9.17) is 0 Å². The summed E-state index contributed by atoms with van der Waals surface area (Å²) < 4.78 is 0. The Morgan fingerprint density at radius 1 is 0.472 bits per heavy atom. The summed E-state index contributed by atoms with van der Waals surface area (Å²) in [6.45, 7) is 4.66. The molecule has 0 aliphatic heterocycles. The van der Waals surface area contributed by atoms with Crippen LogP contribution in [0.15, 0.2) is 109 Å². The molecule has 36 heavy (non-hydrogen) atoms. The van der Waals surface area contributed by atoms with Gasteiger partial charge < -0.3 is 0 Å². The maximum absolute atomic E-state index is 2.40. The molecule has 4 aromatic rings. The summed E-state index contributed by atoms with van der Waals surface area (Å²) in [5, 5.41) is 2.90. The van der Waals surface area contributed by atoms with Crippen molar-refractivity contribution in [3.63, 3.8) is 0 Å². The minimum absolute atomic E-state index is 0.0501. The largest absolute Gasteiger partial charge is 0.102 e. The van der Waals surface area contributed by atoms with E-state index in [1.807, 2.05) is 0 Å². The van der Waals surface area contributed by atoms with E-state index in [1.54, 1.807) is 5.56 Å². The van der Waals surface area contributed by atoms with Gasteiger partial charge in [0, 0.05) is 6.16 Å². The lowest BCUT2D eigenvalue weighted by Crippen LogP contribution is -2.13. The molecule has 0 bridgehead atoms. The molecule has 0 saturated heterocycles. The second-order valence-electron chi connectivity index (χ2n) is 9.55. The molecule has 0 heterocycles. The Morgan fingerprint density at radius 2 is 0.889 bits per heavy atom. The van der Waals surface area contributed by atoms with Gasteiger partial charge in [0.05, 0.1) is 0 Å². The second-order valence-corrected chi connectivity index (χ2v) is 14.3. The van der Waals surface area contributed by atoms with Crippen LogP contribution >= 0.6 is 15.8 Å². The number of benzene rings is 4. The lowest BCUT2D eigenvalue weighted by molar-refractivity contribution is 0.865. The van der Waals surface area contributed by atoms with E-state index in [2.05, 4.69) is 123 Å². The Bertz CT molecular complexity index is 1120. The third kappa shape index (κ3) is 7.38. The molecule has 2 heteroatoms. The molecule has 4 aromatic carbocycles. The van der Waals surface area contributed by atoms with Gasteiger partial charge in [-0.2, -0.15) is 0 Å². The summed E-state index contributed by atoms with van der Waals surface area (Å²) in [7, 11) is -0.422. The van der Waals surface area contributed by atoms with Crippen molar-refractivity contribution in [2.24, 2.45) is 0 Å². The smallest absolute Gasteiger partial charge is 0.00136 e. The van der Waals surface area contributed by atoms with Gasteiger partial charge >= 0.3 is 0 Å². The van der Waals surface area contributed by atoms with Crippen LogP contribution in [0.1, 0.15) is 50.7 Å². The van der Waals surface area contributed by atoms with Gasteiger partial charge in [0.1, 0.15) is 0 Å². The van der Waals surface area contributed by atoms with Gasteiger partial charge in [-0.15, -0.1) is 7.92 Å². The monoisotopic (exact) mass is 510 g/mol. The SMILES string of the molecule is CCCCP(CCCC)Cc1ccccc1-c1ccccc1CP(c1ccccc1)c1ccccc1. The molecule has 0 N–H and O–H groups in total. The summed E-state index contributed by atoms with van der Waals surface area (Å²) in [5.74, 6) is 0. The Balaban J connectivity index is 1.68. The fraction of sp³-hybridized carbons (Fsp3) is 0.294. The minimum atomic E-state index is -0.472. The molecule has 0 aliphatic rings. The molecule has 0 fully saturated rings. The third-order valence-corrected chi connectivity index (χ3v) is 12.0. The molecule has 186 valence electrons. The van der Waals surface area contributed by atoms with Crippen LogP contribution in [0.3, 0.4) is 0 Å². The summed E-state index contributed by atoms with van der Waals surface area (Å²) in [6, 6.07) is 40.6. The standard InChI is InChI=1S/C34H40P2/c1-3-5-25-35(26-6-4-2)27-29-17-13-15-23-33(29)34-24-16-14-18-30(34)28-36(31-19-9-7-10-20-31)32-21-11-8-12-22-32/h7-24H,3-6,25-28H2,1-2H3. The molecule has 4 rings (SSSR count). The van der Waals surface area contributed by atoms with Crippen LogP contribution < -0.4 is 10.6 Å². The normalized spacial score (nSPS) is 11.3. The van der Waals surface area contributed by atoms with Crippen LogP contribution in [0, 0.1) is 0 Å². The molecule has 0 radical (unpaired) electrons. The zero-order valence-corrected chi connectivity index (χ0v) is 23.7. The minimum Gasteiger partial charge on any atom is -0.102 e. The van der Waals surface area contributed by atoms with Gasteiger partial charge in [-0.3, -0.25) is 0 Å².